The third-order valence-corrected chi connectivity index (χ3v) is 5.75. The second kappa shape index (κ2) is 9.97. The average molecular weight is 486 g/mol. The number of nitrogens with zero attached hydrogens (tertiary/aromatic N) is 2. The van der Waals surface area contributed by atoms with Gasteiger partial charge in [0.25, 0.3) is 5.91 Å². The Labute approximate surface area is 204 Å². The second-order valence-electron chi connectivity index (χ2n) is 10.1. The number of aromatic nitrogens is 1. The van der Waals surface area contributed by atoms with E-state index in [-0.39, 0.29) is 17.6 Å². The Morgan fingerprint density at radius 3 is 2.51 bits per heavy atom. The molecule has 10 heteroatoms. The van der Waals surface area contributed by atoms with Crippen LogP contribution in [0.5, 0.6) is 0 Å². The van der Waals surface area contributed by atoms with E-state index in [1.165, 1.54) is 12.1 Å². The highest BCUT2D eigenvalue weighted by Crippen LogP contribution is 2.24. The molecule has 0 bridgehead atoms. The first-order valence-electron chi connectivity index (χ1n) is 11.9. The van der Waals surface area contributed by atoms with Gasteiger partial charge in [0.1, 0.15) is 11.4 Å². The fraction of sp³-hybridized carbons (Fsp3) is 0.480. The van der Waals surface area contributed by atoms with Crippen LogP contribution in [-0.4, -0.2) is 58.3 Å². The molecular formula is C25H32FN5O4. The summed E-state index contributed by atoms with van der Waals surface area (Å²) < 4.78 is 20.8. The number of hydrogen-bond donors (Lipinski definition) is 3. The highest BCUT2D eigenvalue weighted by Gasteiger charge is 2.30. The summed E-state index contributed by atoms with van der Waals surface area (Å²) in [5.74, 6) is -0.800. The number of halogens is 1. The number of hydrogen-bond acceptors (Lipinski definition) is 4. The third-order valence-electron chi connectivity index (χ3n) is 5.75. The molecule has 1 unspecified atom stereocenters. The summed E-state index contributed by atoms with van der Waals surface area (Å²) >= 11 is 0. The lowest BCUT2D eigenvalue weighted by Crippen LogP contribution is -2.50. The molecule has 35 heavy (non-hydrogen) atoms. The highest BCUT2D eigenvalue weighted by atomic mass is 19.1. The Hall–Kier alpha value is -3.56. The van der Waals surface area contributed by atoms with Gasteiger partial charge in [-0.15, -0.1) is 0 Å². The summed E-state index contributed by atoms with van der Waals surface area (Å²) in [6.07, 6.45) is 6.04. The molecule has 2 aromatic rings. The number of amides is 4. The van der Waals surface area contributed by atoms with Gasteiger partial charge in [0.05, 0.1) is 11.3 Å². The number of ether oxygens (including phenoxy) is 1. The lowest BCUT2D eigenvalue weighted by atomic mass is 10.1. The molecule has 2 fully saturated rings. The van der Waals surface area contributed by atoms with Crippen molar-refractivity contribution in [2.24, 2.45) is 0 Å². The molecule has 1 saturated carbocycles. The summed E-state index contributed by atoms with van der Waals surface area (Å²) in [5.41, 5.74) is 0.470. The standard InChI is InChI=1S/C25H32FN5O4/c1-25(2,3)35-24(34)30-11-5-7-18(13-30)27-22(32)20-14-31(19-8-4-6-16(26)12-19)15-21(20)29-23(33)28-17-9-10-17/h4,6,8,12,14-15,17-18H,5,7,9-11,13H2,1-3H3,(H,27,32)(H2,28,29,33). The van der Waals surface area contributed by atoms with Crippen molar-refractivity contribution in [3.05, 3.63) is 48.0 Å². The molecule has 4 amide bonds. The van der Waals surface area contributed by atoms with E-state index in [1.54, 1.807) is 34.0 Å². The van der Waals surface area contributed by atoms with Crippen LogP contribution in [0.25, 0.3) is 5.69 Å². The number of likely N-dealkylation sites (tertiary alicyclic amines) is 1. The number of anilines is 1. The maximum Gasteiger partial charge on any atom is 0.410 e. The maximum absolute atomic E-state index is 13.8. The van der Waals surface area contributed by atoms with Crippen LogP contribution in [0, 0.1) is 5.82 Å². The summed E-state index contributed by atoms with van der Waals surface area (Å²) in [5, 5.41) is 8.56. The number of carbonyl (C=O) groups excluding carboxylic acids is 3. The van der Waals surface area contributed by atoms with Crippen LogP contribution in [-0.2, 0) is 4.74 Å². The number of rotatable bonds is 5. The van der Waals surface area contributed by atoms with Gasteiger partial charge in [-0.1, -0.05) is 6.07 Å². The van der Waals surface area contributed by atoms with E-state index in [4.69, 9.17) is 4.74 Å². The van der Waals surface area contributed by atoms with Crippen LogP contribution in [0.15, 0.2) is 36.7 Å². The molecule has 1 saturated heterocycles. The van der Waals surface area contributed by atoms with Crippen LogP contribution in [0.2, 0.25) is 0 Å². The van der Waals surface area contributed by atoms with E-state index >= 15 is 0 Å². The predicted molar refractivity (Wildman–Crippen MR) is 129 cm³/mol. The molecule has 1 aromatic carbocycles. The van der Waals surface area contributed by atoms with Gasteiger partial charge in [0, 0.05) is 43.3 Å². The second-order valence-corrected chi connectivity index (χ2v) is 10.1. The van der Waals surface area contributed by atoms with Crippen LogP contribution in [0.4, 0.5) is 19.7 Å². The van der Waals surface area contributed by atoms with Gasteiger partial charge in [-0.25, -0.2) is 14.0 Å². The van der Waals surface area contributed by atoms with Crippen molar-refractivity contribution in [2.45, 2.75) is 64.1 Å². The monoisotopic (exact) mass is 485 g/mol. The first kappa shape index (κ1) is 24.6. The predicted octanol–water partition coefficient (Wildman–Crippen LogP) is 4.03. The SMILES string of the molecule is CC(C)(C)OC(=O)N1CCCC(NC(=O)c2cn(-c3cccc(F)c3)cc2NC(=O)NC2CC2)C1. The van der Waals surface area contributed by atoms with Crippen molar-refractivity contribution in [1.82, 2.24) is 20.1 Å². The molecule has 9 nitrogen and oxygen atoms in total. The lowest BCUT2D eigenvalue weighted by molar-refractivity contribution is 0.0185. The van der Waals surface area contributed by atoms with Crippen LogP contribution >= 0.6 is 0 Å². The van der Waals surface area contributed by atoms with E-state index in [2.05, 4.69) is 16.0 Å². The molecule has 188 valence electrons. The molecular weight excluding hydrogens is 453 g/mol. The van der Waals surface area contributed by atoms with Crippen LogP contribution < -0.4 is 16.0 Å². The van der Waals surface area contributed by atoms with E-state index < -0.39 is 29.4 Å². The van der Waals surface area contributed by atoms with Crippen molar-refractivity contribution in [1.29, 1.82) is 0 Å². The molecule has 1 atom stereocenters. The molecule has 0 radical (unpaired) electrons. The van der Waals surface area contributed by atoms with Crippen LogP contribution in [0.3, 0.4) is 0 Å². The van der Waals surface area contributed by atoms with Gasteiger partial charge in [-0.05, 0) is 64.7 Å². The lowest BCUT2D eigenvalue weighted by Gasteiger charge is -2.34. The Morgan fingerprint density at radius 1 is 1.06 bits per heavy atom. The number of benzene rings is 1. The molecule has 4 rings (SSSR count). The van der Waals surface area contributed by atoms with Crippen molar-refractivity contribution >= 4 is 23.7 Å². The van der Waals surface area contributed by atoms with Gasteiger partial charge >= 0.3 is 12.1 Å². The molecule has 3 N–H and O–H groups in total. The minimum Gasteiger partial charge on any atom is -0.444 e. The van der Waals surface area contributed by atoms with E-state index in [0.717, 1.165) is 19.3 Å². The fourth-order valence-electron chi connectivity index (χ4n) is 3.94. The minimum atomic E-state index is -0.602. The Bertz CT molecular complexity index is 1110. The average Bonchev–Trinajstić information content (AvgIpc) is 3.48. The Morgan fingerprint density at radius 2 is 1.83 bits per heavy atom. The highest BCUT2D eigenvalue weighted by molar-refractivity contribution is 6.03. The summed E-state index contributed by atoms with van der Waals surface area (Å²) in [6.45, 7) is 6.32. The quantitative estimate of drug-likeness (QED) is 0.595. The number of piperidine rings is 1. The van der Waals surface area contributed by atoms with Gasteiger partial charge in [0.2, 0.25) is 0 Å². The zero-order chi connectivity index (χ0) is 25.2. The first-order chi connectivity index (χ1) is 16.6. The number of carbonyl (C=O) groups is 3. The first-order valence-corrected chi connectivity index (χ1v) is 11.9. The molecule has 0 spiro atoms. The van der Waals surface area contributed by atoms with Crippen molar-refractivity contribution in [3.8, 4) is 5.69 Å². The number of urea groups is 1. The van der Waals surface area contributed by atoms with Crippen molar-refractivity contribution < 1.29 is 23.5 Å². The smallest absolute Gasteiger partial charge is 0.410 e. The minimum absolute atomic E-state index is 0.152. The van der Waals surface area contributed by atoms with Gasteiger partial charge in [-0.2, -0.15) is 0 Å². The molecule has 2 aliphatic rings. The van der Waals surface area contributed by atoms with Crippen molar-refractivity contribution in [2.75, 3.05) is 18.4 Å². The topological polar surface area (TPSA) is 105 Å². The molecule has 2 heterocycles. The summed E-state index contributed by atoms with van der Waals surface area (Å²) in [4.78, 5) is 39.7. The summed E-state index contributed by atoms with van der Waals surface area (Å²) in [6, 6.07) is 5.45. The van der Waals surface area contributed by atoms with Crippen LogP contribution in [0.1, 0.15) is 56.8 Å². The Balaban J connectivity index is 1.50. The molecule has 1 aromatic heterocycles. The fourth-order valence-corrected chi connectivity index (χ4v) is 3.94. The molecule has 1 aliphatic carbocycles. The van der Waals surface area contributed by atoms with Gasteiger partial charge in [0.15, 0.2) is 0 Å². The number of nitrogens with one attached hydrogen (secondary N) is 3. The zero-order valence-electron chi connectivity index (χ0n) is 20.3. The van der Waals surface area contributed by atoms with E-state index in [1.807, 2.05) is 20.8 Å². The normalized spacial score (nSPS) is 18.1. The van der Waals surface area contributed by atoms with E-state index in [9.17, 15) is 18.8 Å². The largest absolute Gasteiger partial charge is 0.444 e. The van der Waals surface area contributed by atoms with Gasteiger partial charge in [-0.3, -0.25) is 4.79 Å². The Kier molecular flexibility index (Phi) is 7.00. The maximum atomic E-state index is 13.8. The van der Waals surface area contributed by atoms with E-state index in [0.29, 0.717) is 30.9 Å². The van der Waals surface area contributed by atoms with Gasteiger partial charge < -0.3 is 30.2 Å². The zero-order valence-corrected chi connectivity index (χ0v) is 20.3. The van der Waals surface area contributed by atoms with Crippen molar-refractivity contribution in [3.63, 3.8) is 0 Å². The third kappa shape index (κ3) is 6.74. The molecule has 1 aliphatic heterocycles. The summed E-state index contributed by atoms with van der Waals surface area (Å²) in [7, 11) is 0.